The van der Waals surface area contributed by atoms with Gasteiger partial charge in [-0.2, -0.15) is 0 Å². The monoisotopic (exact) mass is 269 g/mol. The van der Waals surface area contributed by atoms with Gasteiger partial charge in [0.25, 0.3) is 0 Å². The first-order valence-electron chi connectivity index (χ1n) is 7.06. The van der Waals surface area contributed by atoms with Crippen LogP contribution in [0.2, 0.25) is 0 Å². The van der Waals surface area contributed by atoms with E-state index in [1.165, 1.54) is 0 Å². The minimum atomic E-state index is -0.782. The number of amides is 1. The molecule has 1 aliphatic heterocycles. The summed E-state index contributed by atoms with van der Waals surface area (Å²) < 4.78 is 0. The Kier molecular flexibility index (Phi) is 4.76. The molecule has 0 bridgehead atoms. The molecule has 108 valence electrons. The zero-order valence-corrected chi connectivity index (χ0v) is 11.5. The number of aliphatic carboxylic acids is 1. The van der Waals surface area contributed by atoms with Gasteiger partial charge in [0.2, 0.25) is 5.91 Å². The zero-order valence-electron chi connectivity index (χ0n) is 11.5. The van der Waals surface area contributed by atoms with Gasteiger partial charge in [0.15, 0.2) is 0 Å². The Bertz CT molecular complexity index is 336. The van der Waals surface area contributed by atoms with Crippen molar-refractivity contribution in [2.24, 2.45) is 0 Å². The van der Waals surface area contributed by atoms with Crippen molar-refractivity contribution in [3.05, 3.63) is 0 Å². The van der Waals surface area contributed by atoms with Gasteiger partial charge in [-0.15, -0.1) is 0 Å². The molecule has 1 amide bonds. The van der Waals surface area contributed by atoms with E-state index in [0.717, 1.165) is 45.6 Å². The van der Waals surface area contributed by atoms with E-state index >= 15 is 0 Å². The zero-order chi connectivity index (χ0) is 13.8. The Hall–Kier alpha value is -1.14. The second kappa shape index (κ2) is 6.34. The van der Waals surface area contributed by atoms with Crippen molar-refractivity contribution in [2.75, 3.05) is 45.8 Å². The van der Waals surface area contributed by atoms with Gasteiger partial charge in [0, 0.05) is 38.8 Å². The maximum atomic E-state index is 12.2. The molecule has 2 fully saturated rings. The van der Waals surface area contributed by atoms with Gasteiger partial charge >= 0.3 is 5.97 Å². The van der Waals surface area contributed by atoms with Crippen LogP contribution in [0.1, 0.15) is 19.8 Å². The predicted octanol–water partition coefficient (Wildman–Crippen LogP) is -0.300. The maximum absolute atomic E-state index is 12.2. The molecule has 2 aliphatic rings. The molecule has 0 aromatic heterocycles. The lowest BCUT2D eigenvalue weighted by molar-refractivity contribution is -0.139. The van der Waals surface area contributed by atoms with Gasteiger partial charge in [-0.1, -0.05) is 0 Å². The van der Waals surface area contributed by atoms with Crippen LogP contribution in [0.5, 0.6) is 0 Å². The molecule has 1 aliphatic carbocycles. The molecule has 1 heterocycles. The topological polar surface area (TPSA) is 64.1 Å². The number of nitrogens with zero attached hydrogens (tertiary/aromatic N) is 3. The highest BCUT2D eigenvalue weighted by Gasteiger charge is 2.32. The van der Waals surface area contributed by atoms with Crippen LogP contribution in [0.4, 0.5) is 0 Å². The van der Waals surface area contributed by atoms with E-state index in [9.17, 15) is 9.59 Å². The Balaban J connectivity index is 1.72. The van der Waals surface area contributed by atoms with Crippen LogP contribution in [0.3, 0.4) is 0 Å². The van der Waals surface area contributed by atoms with Crippen molar-refractivity contribution in [2.45, 2.75) is 25.8 Å². The Morgan fingerprint density at radius 1 is 1.11 bits per heavy atom. The van der Waals surface area contributed by atoms with Crippen LogP contribution in [0.15, 0.2) is 0 Å². The highest BCUT2D eigenvalue weighted by Crippen LogP contribution is 2.26. The first kappa shape index (κ1) is 14.3. The van der Waals surface area contributed by atoms with Gasteiger partial charge < -0.3 is 10.0 Å². The van der Waals surface area contributed by atoms with Crippen LogP contribution in [0, 0.1) is 0 Å². The van der Waals surface area contributed by atoms with Crippen molar-refractivity contribution in [3.63, 3.8) is 0 Å². The smallest absolute Gasteiger partial charge is 0.317 e. The summed E-state index contributed by atoms with van der Waals surface area (Å²) in [6.45, 7) is 6.42. The molecule has 19 heavy (non-hydrogen) atoms. The Morgan fingerprint density at radius 3 is 2.05 bits per heavy atom. The lowest BCUT2D eigenvalue weighted by atomic mass is 10.3. The largest absolute Gasteiger partial charge is 0.480 e. The Labute approximate surface area is 114 Å². The highest BCUT2D eigenvalue weighted by atomic mass is 16.4. The molecule has 6 nitrogen and oxygen atoms in total. The predicted molar refractivity (Wildman–Crippen MR) is 70.9 cm³/mol. The van der Waals surface area contributed by atoms with Crippen LogP contribution < -0.4 is 0 Å². The fourth-order valence-corrected chi connectivity index (χ4v) is 2.60. The van der Waals surface area contributed by atoms with Gasteiger partial charge in [0.05, 0.1) is 13.1 Å². The average molecular weight is 269 g/mol. The SMILES string of the molecule is CCN(C(=O)CN1CCN(CC(=O)O)CC1)C1CC1. The number of hydrogen-bond donors (Lipinski definition) is 1. The minimum absolute atomic E-state index is 0.102. The summed E-state index contributed by atoms with van der Waals surface area (Å²) in [4.78, 5) is 28.8. The van der Waals surface area contributed by atoms with Crippen molar-refractivity contribution in [1.82, 2.24) is 14.7 Å². The van der Waals surface area contributed by atoms with Gasteiger partial charge in [-0.25, -0.2) is 0 Å². The third-order valence-electron chi connectivity index (χ3n) is 3.83. The van der Waals surface area contributed by atoms with E-state index in [1.54, 1.807) is 0 Å². The van der Waals surface area contributed by atoms with Gasteiger partial charge in [-0.05, 0) is 19.8 Å². The molecular formula is C13H23N3O3. The minimum Gasteiger partial charge on any atom is -0.480 e. The summed E-state index contributed by atoms with van der Waals surface area (Å²) in [6.07, 6.45) is 2.29. The fraction of sp³-hybridized carbons (Fsp3) is 0.846. The molecule has 1 N–H and O–H groups in total. The normalized spacial score (nSPS) is 21.3. The summed E-state index contributed by atoms with van der Waals surface area (Å²) in [5, 5.41) is 8.73. The molecule has 6 heteroatoms. The molecule has 1 saturated carbocycles. The number of carboxylic acid groups (broad SMARTS) is 1. The maximum Gasteiger partial charge on any atom is 0.317 e. The molecule has 0 unspecified atom stereocenters. The van der Waals surface area contributed by atoms with E-state index in [0.29, 0.717) is 12.6 Å². The summed E-state index contributed by atoms with van der Waals surface area (Å²) in [5.41, 5.74) is 0. The van der Waals surface area contributed by atoms with E-state index < -0.39 is 5.97 Å². The van der Waals surface area contributed by atoms with Crippen molar-refractivity contribution in [1.29, 1.82) is 0 Å². The third-order valence-corrected chi connectivity index (χ3v) is 3.83. The number of carbonyl (C=O) groups is 2. The first-order chi connectivity index (χ1) is 9.10. The second-order valence-electron chi connectivity index (χ2n) is 5.36. The fourth-order valence-electron chi connectivity index (χ4n) is 2.60. The Morgan fingerprint density at radius 2 is 1.63 bits per heavy atom. The first-order valence-corrected chi connectivity index (χ1v) is 7.06. The summed E-state index contributed by atoms with van der Waals surface area (Å²) in [7, 11) is 0. The number of piperazine rings is 1. The molecule has 0 aromatic carbocycles. The van der Waals surface area contributed by atoms with Gasteiger partial charge in [0.1, 0.15) is 0 Å². The number of carbonyl (C=O) groups excluding carboxylic acids is 1. The number of hydrogen-bond acceptors (Lipinski definition) is 4. The highest BCUT2D eigenvalue weighted by molar-refractivity contribution is 5.79. The summed E-state index contributed by atoms with van der Waals surface area (Å²) in [5.74, 6) is -0.563. The van der Waals surface area contributed by atoms with E-state index in [4.69, 9.17) is 5.11 Å². The molecule has 0 spiro atoms. The van der Waals surface area contributed by atoms with E-state index in [2.05, 4.69) is 4.90 Å². The number of likely N-dealkylation sites (N-methyl/N-ethyl adjacent to an activating group) is 1. The lowest BCUT2D eigenvalue weighted by Gasteiger charge is -2.34. The summed E-state index contributed by atoms with van der Waals surface area (Å²) >= 11 is 0. The summed E-state index contributed by atoms with van der Waals surface area (Å²) in [6, 6.07) is 0.478. The van der Waals surface area contributed by atoms with Crippen molar-refractivity contribution >= 4 is 11.9 Å². The molecule has 0 radical (unpaired) electrons. The molecule has 2 rings (SSSR count). The molecular weight excluding hydrogens is 246 g/mol. The third kappa shape index (κ3) is 4.18. The molecule has 0 aromatic rings. The molecule has 0 atom stereocenters. The standard InChI is InChI=1S/C13H23N3O3/c1-2-16(11-3-4-11)12(17)9-14-5-7-15(8-6-14)10-13(18)19/h11H,2-10H2,1H3,(H,18,19). The van der Waals surface area contributed by atoms with E-state index in [1.807, 2.05) is 16.7 Å². The van der Waals surface area contributed by atoms with Gasteiger partial charge in [-0.3, -0.25) is 19.4 Å². The van der Waals surface area contributed by atoms with Crippen LogP contribution in [0.25, 0.3) is 0 Å². The average Bonchev–Trinajstić information content (AvgIpc) is 3.16. The lowest BCUT2D eigenvalue weighted by Crippen LogP contribution is -2.51. The van der Waals surface area contributed by atoms with Crippen molar-refractivity contribution < 1.29 is 14.7 Å². The van der Waals surface area contributed by atoms with Crippen LogP contribution in [-0.4, -0.2) is 83.5 Å². The van der Waals surface area contributed by atoms with Crippen molar-refractivity contribution in [3.8, 4) is 0 Å². The van der Waals surface area contributed by atoms with Crippen LogP contribution >= 0.6 is 0 Å². The van der Waals surface area contributed by atoms with E-state index in [-0.39, 0.29) is 12.5 Å². The second-order valence-corrected chi connectivity index (χ2v) is 5.36. The van der Waals surface area contributed by atoms with Crippen LogP contribution in [-0.2, 0) is 9.59 Å². The number of carboxylic acids is 1. The number of rotatable bonds is 6. The molecule has 1 saturated heterocycles. The quantitative estimate of drug-likeness (QED) is 0.717.